The first-order chi connectivity index (χ1) is 11.5. The Hall–Kier alpha value is -2.48. The van der Waals surface area contributed by atoms with Gasteiger partial charge in [0.05, 0.1) is 5.39 Å². The predicted molar refractivity (Wildman–Crippen MR) is 93.8 cm³/mol. The number of hydrogen-bond acceptors (Lipinski definition) is 4. The Balaban J connectivity index is 2.33. The molecule has 0 aliphatic heterocycles. The van der Waals surface area contributed by atoms with Crippen LogP contribution in [0, 0.1) is 18.3 Å². The summed E-state index contributed by atoms with van der Waals surface area (Å²) in [6.45, 7) is 1.56. The largest absolute Gasteiger partial charge is 0.471 e. The number of aryl methyl sites for hydroxylation is 1. The van der Waals surface area contributed by atoms with Crippen LogP contribution in [0.1, 0.15) is 5.56 Å². The maximum absolute atomic E-state index is 12.8. The molecule has 1 heterocycles. The van der Waals surface area contributed by atoms with Gasteiger partial charge in [-0.15, -0.1) is 0 Å². The molecular weight excluding hydrogens is 349 g/mol. The van der Waals surface area contributed by atoms with Gasteiger partial charge in [-0.25, -0.2) is 0 Å². The molecule has 0 radical (unpaired) electrons. The second-order valence-corrected chi connectivity index (χ2v) is 5.98. The molecule has 24 heavy (non-hydrogen) atoms. The minimum Gasteiger partial charge on any atom is -0.471 e. The summed E-state index contributed by atoms with van der Waals surface area (Å²) >= 11 is 12.0. The molecule has 2 aromatic carbocycles. The SMILES string of the molecule is Cc1cc2oc(-c3ccc(Cl)cc3)c(OCC#N)c(=O)c2cc1Cl. The van der Waals surface area contributed by atoms with Crippen molar-refractivity contribution in [3.63, 3.8) is 0 Å². The molecule has 120 valence electrons. The van der Waals surface area contributed by atoms with Crippen molar-refractivity contribution in [1.29, 1.82) is 5.26 Å². The number of benzene rings is 2. The molecule has 4 nitrogen and oxygen atoms in total. The summed E-state index contributed by atoms with van der Waals surface area (Å²) in [5.41, 5.74) is 1.44. The molecule has 6 heteroatoms. The Morgan fingerprint density at radius 1 is 1.21 bits per heavy atom. The summed E-state index contributed by atoms with van der Waals surface area (Å²) < 4.78 is 11.2. The molecule has 0 saturated carbocycles. The fourth-order valence-electron chi connectivity index (χ4n) is 2.33. The maximum atomic E-state index is 12.8. The lowest BCUT2D eigenvalue weighted by molar-refractivity contribution is 0.356. The van der Waals surface area contributed by atoms with Crippen LogP contribution >= 0.6 is 23.2 Å². The molecule has 0 saturated heterocycles. The number of fused-ring (bicyclic) bond motifs is 1. The van der Waals surface area contributed by atoms with Gasteiger partial charge in [0.2, 0.25) is 11.2 Å². The molecule has 0 amide bonds. The monoisotopic (exact) mass is 359 g/mol. The summed E-state index contributed by atoms with van der Waals surface area (Å²) in [7, 11) is 0. The van der Waals surface area contributed by atoms with E-state index in [9.17, 15) is 4.79 Å². The number of nitrogens with zero attached hydrogens (tertiary/aromatic N) is 1. The van der Waals surface area contributed by atoms with E-state index >= 15 is 0 Å². The van der Waals surface area contributed by atoms with Crippen molar-refractivity contribution in [3.05, 3.63) is 62.2 Å². The van der Waals surface area contributed by atoms with Crippen molar-refractivity contribution < 1.29 is 9.15 Å². The van der Waals surface area contributed by atoms with Crippen molar-refractivity contribution in [2.45, 2.75) is 6.92 Å². The normalized spacial score (nSPS) is 10.6. The van der Waals surface area contributed by atoms with Gasteiger partial charge in [0, 0.05) is 15.6 Å². The van der Waals surface area contributed by atoms with Crippen LogP contribution in [0.5, 0.6) is 5.75 Å². The molecule has 3 aromatic rings. The maximum Gasteiger partial charge on any atom is 0.235 e. The second-order valence-electron chi connectivity index (χ2n) is 5.14. The van der Waals surface area contributed by atoms with Crippen LogP contribution in [0.3, 0.4) is 0 Å². The standard InChI is InChI=1S/C18H11Cl2NO3/c1-10-8-15-13(9-14(10)20)16(22)18(23-7-6-21)17(24-15)11-2-4-12(19)5-3-11/h2-5,8-9H,7H2,1H3. The summed E-state index contributed by atoms with van der Waals surface area (Å²) in [6, 6.07) is 11.9. The van der Waals surface area contributed by atoms with E-state index in [0.29, 0.717) is 26.6 Å². The lowest BCUT2D eigenvalue weighted by Crippen LogP contribution is -2.10. The van der Waals surface area contributed by atoms with E-state index in [1.165, 1.54) is 0 Å². The number of ether oxygens (including phenoxy) is 1. The molecule has 1 aromatic heterocycles. The first kappa shape index (κ1) is 16.4. The van der Waals surface area contributed by atoms with E-state index in [1.54, 1.807) is 36.4 Å². The van der Waals surface area contributed by atoms with Gasteiger partial charge in [-0.1, -0.05) is 23.2 Å². The highest BCUT2D eigenvalue weighted by Gasteiger charge is 2.18. The zero-order chi connectivity index (χ0) is 17.3. The second kappa shape index (κ2) is 6.56. The van der Waals surface area contributed by atoms with Crippen molar-refractivity contribution >= 4 is 34.2 Å². The van der Waals surface area contributed by atoms with Crippen molar-refractivity contribution in [2.24, 2.45) is 0 Å². The summed E-state index contributed by atoms with van der Waals surface area (Å²) in [6.07, 6.45) is 0. The quantitative estimate of drug-likeness (QED) is 0.661. The molecular formula is C18H11Cl2NO3. The Morgan fingerprint density at radius 3 is 2.58 bits per heavy atom. The number of halogens is 2. The third-order valence-electron chi connectivity index (χ3n) is 3.52. The van der Waals surface area contributed by atoms with E-state index in [0.717, 1.165) is 5.56 Å². The van der Waals surface area contributed by atoms with Crippen molar-refractivity contribution in [1.82, 2.24) is 0 Å². The fourth-order valence-corrected chi connectivity index (χ4v) is 2.62. The predicted octanol–water partition coefficient (Wildman–Crippen LogP) is 4.98. The van der Waals surface area contributed by atoms with Crippen LogP contribution in [0.15, 0.2) is 45.6 Å². The third kappa shape index (κ3) is 2.96. The zero-order valence-corrected chi connectivity index (χ0v) is 14.1. The van der Waals surface area contributed by atoms with Gasteiger partial charge in [-0.3, -0.25) is 4.79 Å². The third-order valence-corrected chi connectivity index (χ3v) is 4.18. The fraction of sp³-hybridized carbons (Fsp3) is 0.111. The molecule has 0 fully saturated rings. The van der Waals surface area contributed by atoms with Crippen LogP contribution in [0.2, 0.25) is 10.0 Å². The van der Waals surface area contributed by atoms with Crippen LogP contribution in [-0.2, 0) is 0 Å². The Labute approximate surface area is 147 Å². The smallest absolute Gasteiger partial charge is 0.235 e. The lowest BCUT2D eigenvalue weighted by atomic mass is 10.1. The average Bonchev–Trinajstić information content (AvgIpc) is 2.56. The number of hydrogen-bond donors (Lipinski definition) is 0. The summed E-state index contributed by atoms with van der Waals surface area (Å²) in [5, 5.41) is 10.1. The Morgan fingerprint density at radius 2 is 1.92 bits per heavy atom. The minimum atomic E-state index is -0.377. The van der Waals surface area contributed by atoms with Crippen molar-refractivity contribution in [3.8, 4) is 23.1 Å². The van der Waals surface area contributed by atoms with Gasteiger partial charge >= 0.3 is 0 Å². The van der Waals surface area contributed by atoms with Gasteiger partial charge in [0.1, 0.15) is 11.7 Å². The van der Waals surface area contributed by atoms with Crippen LogP contribution < -0.4 is 10.2 Å². The zero-order valence-electron chi connectivity index (χ0n) is 12.6. The first-order valence-electron chi connectivity index (χ1n) is 7.04. The molecule has 0 aliphatic rings. The van der Waals surface area contributed by atoms with Crippen LogP contribution in [-0.4, -0.2) is 6.61 Å². The molecule has 0 unspecified atom stereocenters. The molecule has 3 rings (SSSR count). The molecule has 0 atom stereocenters. The van der Waals surface area contributed by atoms with E-state index in [4.69, 9.17) is 37.6 Å². The molecule has 0 spiro atoms. The lowest BCUT2D eigenvalue weighted by Gasteiger charge is -2.11. The Kier molecular flexibility index (Phi) is 4.48. The minimum absolute atomic E-state index is 0.0220. The van der Waals surface area contributed by atoms with E-state index in [-0.39, 0.29) is 23.5 Å². The van der Waals surface area contributed by atoms with E-state index in [2.05, 4.69) is 0 Å². The highest BCUT2D eigenvalue weighted by molar-refractivity contribution is 6.32. The molecule has 0 aliphatic carbocycles. The van der Waals surface area contributed by atoms with Gasteiger partial charge in [0.15, 0.2) is 12.4 Å². The van der Waals surface area contributed by atoms with Gasteiger partial charge in [0.25, 0.3) is 0 Å². The molecule has 0 N–H and O–H groups in total. The van der Waals surface area contributed by atoms with E-state index in [1.807, 2.05) is 13.0 Å². The van der Waals surface area contributed by atoms with Gasteiger partial charge in [-0.2, -0.15) is 5.26 Å². The van der Waals surface area contributed by atoms with Crippen molar-refractivity contribution in [2.75, 3.05) is 6.61 Å². The van der Waals surface area contributed by atoms with Crippen LogP contribution in [0.25, 0.3) is 22.3 Å². The topological polar surface area (TPSA) is 63.2 Å². The van der Waals surface area contributed by atoms with Crippen LogP contribution in [0.4, 0.5) is 0 Å². The Bertz CT molecular complexity index is 1020. The number of rotatable bonds is 3. The highest BCUT2D eigenvalue weighted by atomic mass is 35.5. The highest BCUT2D eigenvalue weighted by Crippen LogP contribution is 2.33. The number of nitriles is 1. The summed E-state index contributed by atoms with van der Waals surface area (Å²) in [5.74, 6) is 0.229. The van der Waals surface area contributed by atoms with Gasteiger partial charge < -0.3 is 9.15 Å². The van der Waals surface area contributed by atoms with Gasteiger partial charge in [-0.05, 0) is 48.9 Å². The van der Waals surface area contributed by atoms with E-state index < -0.39 is 0 Å². The molecule has 0 bridgehead atoms. The average molecular weight is 360 g/mol. The first-order valence-corrected chi connectivity index (χ1v) is 7.79. The summed E-state index contributed by atoms with van der Waals surface area (Å²) in [4.78, 5) is 12.8.